The predicted molar refractivity (Wildman–Crippen MR) is 111 cm³/mol. The van der Waals surface area contributed by atoms with Crippen molar-refractivity contribution in [3.05, 3.63) is 64.4 Å². The van der Waals surface area contributed by atoms with Crippen molar-refractivity contribution in [1.82, 2.24) is 4.90 Å². The number of amides is 1. The van der Waals surface area contributed by atoms with E-state index in [0.29, 0.717) is 54.3 Å². The van der Waals surface area contributed by atoms with Crippen molar-refractivity contribution in [2.24, 2.45) is 5.92 Å². The molecule has 0 radical (unpaired) electrons. The maximum atomic E-state index is 15.5. The molecule has 30 heavy (non-hydrogen) atoms. The lowest BCUT2D eigenvalue weighted by atomic mass is 9.93. The summed E-state index contributed by atoms with van der Waals surface area (Å²) in [5, 5.41) is 9.75. The molecule has 1 atom stereocenters. The van der Waals surface area contributed by atoms with Gasteiger partial charge in [0.15, 0.2) is 5.67 Å². The summed E-state index contributed by atoms with van der Waals surface area (Å²) >= 11 is 6.01. The third kappa shape index (κ3) is 3.99. The van der Waals surface area contributed by atoms with E-state index in [1.54, 1.807) is 35.2 Å². The Kier molecular flexibility index (Phi) is 5.66. The van der Waals surface area contributed by atoms with Crippen molar-refractivity contribution in [3.63, 3.8) is 0 Å². The summed E-state index contributed by atoms with van der Waals surface area (Å²) < 4.78 is 28.9. The number of rotatable bonds is 3. The van der Waals surface area contributed by atoms with Gasteiger partial charge >= 0.3 is 0 Å². The molecular weight excluding hydrogens is 408 g/mol. The van der Waals surface area contributed by atoms with Crippen LogP contribution in [0.4, 0.5) is 14.5 Å². The molecule has 0 bridgehead atoms. The fourth-order valence-corrected chi connectivity index (χ4v) is 4.65. The molecule has 4 rings (SSSR count). The summed E-state index contributed by atoms with van der Waals surface area (Å²) in [5.41, 5.74) is -0.0740. The molecule has 0 N–H and O–H groups in total. The van der Waals surface area contributed by atoms with Gasteiger partial charge in [-0.15, -0.1) is 0 Å². The highest BCUT2D eigenvalue weighted by atomic mass is 35.5. The number of benzene rings is 2. The van der Waals surface area contributed by atoms with Crippen LogP contribution in [0.1, 0.15) is 30.4 Å². The zero-order chi connectivity index (χ0) is 21.3. The lowest BCUT2D eigenvalue weighted by Crippen LogP contribution is -2.42. The summed E-state index contributed by atoms with van der Waals surface area (Å²) in [5.74, 6) is -0.631. The van der Waals surface area contributed by atoms with Gasteiger partial charge in [0.2, 0.25) is 5.91 Å². The van der Waals surface area contributed by atoms with E-state index in [1.807, 2.05) is 11.0 Å². The molecule has 2 aromatic carbocycles. The zero-order valence-corrected chi connectivity index (χ0v) is 17.2. The molecule has 4 nitrogen and oxygen atoms in total. The van der Waals surface area contributed by atoms with Crippen LogP contribution < -0.4 is 4.90 Å². The zero-order valence-electron chi connectivity index (χ0n) is 16.5. The van der Waals surface area contributed by atoms with Crippen molar-refractivity contribution in [3.8, 4) is 6.07 Å². The second kappa shape index (κ2) is 8.23. The molecule has 2 aliphatic heterocycles. The highest BCUT2D eigenvalue weighted by Crippen LogP contribution is 2.38. The molecule has 7 heteroatoms. The number of hydrogen-bond donors (Lipinski definition) is 0. The van der Waals surface area contributed by atoms with Crippen LogP contribution >= 0.6 is 11.6 Å². The predicted octanol–water partition coefficient (Wildman–Crippen LogP) is 4.66. The molecule has 0 saturated carbocycles. The quantitative estimate of drug-likeness (QED) is 0.712. The minimum absolute atomic E-state index is 0.0178. The summed E-state index contributed by atoms with van der Waals surface area (Å²) in [6, 6.07) is 13.0. The Morgan fingerprint density at radius 1 is 1.17 bits per heavy atom. The molecule has 2 heterocycles. The smallest absolute Gasteiger partial charge is 0.225 e. The van der Waals surface area contributed by atoms with Crippen molar-refractivity contribution < 1.29 is 13.6 Å². The van der Waals surface area contributed by atoms with Gasteiger partial charge in [-0.1, -0.05) is 23.7 Å². The molecule has 1 unspecified atom stereocenters. The van der Waals surface area contributed by atoms with Crippen LogP contribution in [0.15, 0.2) is 42.5 Å². The number of piperidine rings is 1. The SMILES string of the molecule is N#Cc1cc(F)ccc1N1CCC(C(=O)N2CCC(F)(c3cccc(Cl)c3)C2)CC1. The minimum Gasteiger partial charge on any atom is -0.370 e. The first kappa shape index (κ1) is 20.6. The number of likely N-dealkylation sites (tertiary alicyclic amines) is 1. The van der Waals surface area contributed by atoms with Gasteiger partial charge in [0, 0.05) is 37.0 Å². The fraction of sp³-hybridized carbons (Fsp3) is 0.391. The van der Waals surface area contributed by atoms with E-state index in [4.69, 9.17) is 11.6 Å². The molecule has 156 valence electrons. The van der Waals surface area contributed by atoms with Gasteiger partial charge in [0.25, 0.3) is 0 Å². The van der Waals surface area contributed by atoms with Crippen LogP contribution in [0, 0.1) is 23.1 Å². The van der Waals surface area contributed by atoms with Crippen LogP contribution in [0.5, 0.6) is 0 Å². The summed E-state index contributed by atoms with van der Waals surface area (Å²) in [4.78, 5) is 16.6. The van der Waals surface area contributed by atoms with Gasteiger partial charge in [-0.05, 0) is 48.7 Å². The van der Waals surface area contributed by atoms with E-state index >= 15 is 4.39 Å². The van der Waals surface area contributed by atoms with E-state index in [-0.39, 0.29) is 24.8 Å². The highest BCUT2D eigenvalue weighted by Gasteiger charge is 2.43. The van der Waals surface area contributed by atoms with E-state index in [0.717, 1.165) is 0 Å². The number of carbonyl (C=O) groups is 1. The molecule has 2 fully saturated rings. The topological polar surface area (TPSA) is 47.3 Å². The largest absolute Gasteiger partial charge is 0.370 e. The van der Waals surface area contributed by atoms with Crippen molar-refractivity contribution in [1.29, 1.82) is 5.26 Å². The number of hydrogen-bond acceptors (Lipinski definition) is 3. The average Bonchev–Trinajstić information content (AvgIpc) is 3.17. The Morgan fingerprint density at radius 3 is 2.63 bits per heavy atom. The standard InChI is InChI=1S/C23H22ClF2N3O/c24-19-3-1-2-18(13-19)23(26)8-11-29(15-23)22(30)16-6-9-28(10-7-16)21-5-4-20(25)12-17(21)14-27/h1-5,12-13,16H,6-11,15H2. The number of halogens is 3. The Bertz CT molecular complexity index is 1000. The van der Waals surface area contributed by atoms with E-state index in [2.05, 4.69) is 0 Å². The maximum Gasteiger partial charge on any atom is 0.225 e. The van der Waals surface area contributed by atoms with Gasteiger partial charge in [0.05, 0.1) is 17.8 Å². The molecule has 0 aliphatic carbocycles. The third-order valence-electron chi connectivity index (χ3n) is 6.14. The molecule has 0 spiro atoms. The van der Waals surface area contributed by atoms with Crippen molar-refractivity contribution >= 4 is 23.2 Å². The first-order valence-corrected chi connectivity index (χ1v) is 10.5. The first-order chi connectivity index (χ1) is 14.4. The minimum atomic E-state index is -1.57. The van der Waals surface area contributed by atoms with Crippen LogP contribution in [0.3, 0.4) is 0 Å². The fourth-order valence-electron chi connectivity index (χ4n) is 4.46. The molecule has 0 aromatic heterocycles. The van der Waals surface area contributed by atoms with Gasteiger partial charge in [-0.2, -0.15) is 5.26 Å². The first-order valence-electron chi connectivity index (χ1n) is 10.1. The molecule has 2 aliphatic rings. The van der Waals surface area contributed by atoms with Gasteiger partial charge in [0.1, 0.15) is 11.9 Å². The highest BCUT2D eigenvalue weighted by molar-refractivity contribution is 6.30. The Balaban J connectivity index is 1.39. The van der Waals surface area contributed by atoms with Crippen LogP contribution in [0.25, 0.3) is 0 Å². The molecule has 2 aromatic rings. The molecule has 2 saturated heterocycles. The maximum absolute atomic E-state index is 15.5. The summed E-state index contributed by atoms with van der Waals surface area (Å²) in [6.45, 7) is 1.63. The summed E-state index contributed by atoms with van der Waals surface area (Å²) in [6.07, 6.45) is 1.50. The van der Waals surface area contributed by atoms with E-state index in [1.165, 1.54) is 12.1 Å². The van der Waals surface area contributed by atoms with Gasteiger partial charge in [-0.25, -0.2) is 8.78 Å². The summed E-state index contributed by atoms with van der Waals surface area (Å²) in [7, 11) is 0. The van der Waals surface area contributed by atoms with E-state index in [9.17, 15) is 14.4 Å². The number of carbonyl (C=O) groups excluding carboxylic acids is 1. The number of nitrogens with zero attached hydrogens (tertiary/aromatic N) is 3. The van der Waals surface area contributed by atoms with Crippen LogP contribution in [-0.4, -0.2) is 37.0 Å². The Morgan fingerprint density at radius 2 is 1.93 bits per heavy atom. The van der Waals surface area contributed by atoms with Gasteiger partial charge in [-0.3, -0.25) is 4.79 Å². The lowest BCUT2D eigenvalue weighted by Gasteiger charge is -2.35. The lowest BCUT2D eigenvalue weighted by molar-refractivity contribution is -0.135. The average molecular weight is 430 g/mol. The monoisotopic (exact) mass is 429 g/mol. The van der Waals surface area contributed by atoms with Gasteiger partial charge < -0.3 is 9.80 Å². The molecular formula is C23H22ClF2N3O. The normalized spacial score (nSPS) is 22.2. The molecule has 1 amide bonds. The number of nitriles is 1. The van der Waals surface area contributed by atoms with Crippen molar-refractivity contribution in [2.45, 2.75) is 24.9 Å². The van der Waals surface area contributed by atoms with E-state index < -0.39 is 11.5 Å². The number of alkyl halides is 1. The van der Waals surface area contributed by atoms with Crippen LogP contribution in [-0.2, 0) is 10.5 Å². The Labute approximate surface area is 179 Å². The second-order valence-corrected chi connectivity index (χ2v) is 8.46. The third-order valence-corrected chi connectivity index (χ3v) is 6.37. The number of anilines is 1. The van der Waals surface area contributed by atoms with Crippen molar-refractivity contribution in [2.75, 3.05) is 31.1 Å². The second-order valence-electron chi connectivity index (χ2n) is 8.02. The van der Waals surface area contributed by atoms with Crippen LogP contribution in [0.2, 0.25) is 5.02 Å². The Hall–Kier alpha value is -2.65.